The number of thiophene rings is 1. The highest BCUT2D eigenvalue weighted by molar-refractivity contribution is 9.11. The molecule has 2 unspecified atom stereocenters. The van der Waals surface area contributed by atoms with Gasteiger partial charge in [0.2, 0.25) is 0 Å². The molecule has 3 N–H and O–H groups in total. The maximum Gasteiger partial charge on any atom is 0.261 e. The SMILES string of the molecule is Cc1cc(C(=O)NC2CCCCC2CN)sc1Br.Cl. The van der Waals surface area contributed by atoms with E-state index in [1.54, 1.807) is 0 Å². The molecule has 1 fully saturated rings. The van der Waals surface area contributed by atoms with Crippen LogP contribution in [-0.2, 0) is 0 Å². The first-order valence-corrected chi connectivity index (χ1v) is 7.99. The zero-order valence-electron chi connectivity index (χ0n) is 10.9. The lowest BCUT2D eigenvalue weighted by Gasteiger charge is -2.31. The first kappa shape index (κ1) is 17.0. The average molecular weight is 368 g/mol. The van der Waals surface area contributed by atoms with Gasteiger partial charge in [-0.05, 0) is 59.8 Å². The van der Waals surface area contributed by atoms with E-state index < -0.39 is 0 Å². The summed E-state index contributed by atoms with van der Waals surface area (Å²) in [5.74, 6) is 0.478. The molecule has 108 valence electrons. The number of carbonyl (C=O) groups excluding carboxylic acids is 1. The van der Waals surface area contributed by atoms with E-state index in [0.29, 0.717) is 12.5 Å². The highest BCUT2D eigenvalue weighted by Gasteiger charge is 2.26. The molecule has 0 aliphatic heterocycles. The Kier molecular flexibility index (Phi) is 6.80. The van der Waals surface area contributed by atoms with E-state index in [1.165, 1.54) is 24.2 Å². The summed E-state index contributed by atoms with van der Waals surface area (Å²) in [4.78, 5) is 13.0. The predicted molar refractivity (Wildman–Crippen MR) is 86.3 cm³/mol. The van der Waals surface area contributed by atoms with E-state index in [-0.39, 0.29) is 24.4 Å². The smallest absolute Gasteiger partial charge is 0.261 e. The maximum absolute atomic E-state index is 12.2. The van der Waals surface area contributed by atoms with Gasteiger partial charge < -0.3 is 11.1 Å². The fraction of sp³-hybridized carbons (Fsp3) is 0.615. The Morgan fingerprint density at radius 1 is 1.53 bits per heavy atom. The minimum absolute atomic E-state index is 0. The summed E-state index contributed by atoms with van der Waals surface area (Å²) in [5.41, 5.74) is 6.90. The minimum atomic E-state index is 0. The third-order valence-electron chi connectivity index (χ3n) is 3.61. The van der Waals surface area contributed by atoms with Crippen LogP contribution < -0.4 is 11.1 Å². The monoisotopic (exact) mass is 366 g/mol. The second kappa shape index (κ2) is 7.62. The largest absolute Gasteiger partial charge is 0.348 e. The van der Waals surface area contributed by atoms with Crippen molar-refractivity contribution in [1.29, 1.82) is 0 Å². The van der Waals surface area contributed by atoms with Crippen LogP contribution in [0.15, 0.2) is 9.85 Å². The van der Waals surface area contributed by atoms with Crippen LogP contribution in [0.2, 0.25) is 0 Å². The summed E-state index contributed by atoms with van der Waals surface area (Å²) in [6.07, 6.45) is 4.61. The van der Waals surface area contributed by atoms with E-state index in [9.17, 15) is 4.79 Å². The molecule has 3 nitrogen and oxygen atoms in total. The molecule has 1 aliphatic carbocycles. The topological polar surface area (TPSA) is 55.1 Å². The number of aryl methyl sites for hydroxylation is 1. The second-order valence-corrected chi connectivity index (χ2v) is 7.30. The highest BCUT2D eigenvalue weighted by atomic mass is 79.9. The van der Waals surface area contributed by atoms with Crippen molar-refractivity contribution in [2.45, 2.75) is 38.6 Å². The van der Waals surface area contributed by atoms with Gasteiger partial charge in [0.05, 0.1) is 8.66 Å². The maximum atomic E-state index is 12.2. The van der Waals surface area contributed by atoms with Crippen LogP contribution in [0.3, 0.4) is 0 Å². The van der Waals surface area contributed by atoms with Crippen LogP contribution in [0.5, 0.6) is 0 Å². The Bertz CT molecular complexity index is 419. The molecule has 1 heterocycles. The summed E-state index contributed by atoms with van der Waals surface area (Å²) in [5, 5.41) is 3.15. The average Bonchev–Trinajstić information content (AvgIpc) is 2.70. The summed E-state index contributed by atoms with van der Waals surface area (Å²) in [6, 6.07) is 2.18. The third-order valence-corrected chi connectivity index (χ3v) is 5.74. The Morgan fingerprint density at radius 3 is 2.79 bits per heavy atom. The standard InChI is InChI=1S/C13H19BrN2OS.ClH/c1-8-6-11(18-12(8)14)13(17)16-10-5-3-2-4-9(10)7-15;/h6,9-10H,2-5,7,15H2,1H3,(H,16,17);1H. The zero-order valence-corrected chi connectivity index (χ0v) is 14.2. The number of halogens is 2. The molecule has 0 saturated heterocycles. The number of nitrogens with two attached hydrogens (primary N) is 1. The molecule has 1 aromatic heterocycles. The van der Waals surface area contributed by atoms with Crippen molar-refractivity contribution in [3.8, 4) is 0 Å². The molecule has 1 aromatic rings. The molecule has 0 aromatic carbocycles. The van der Waals surface area contributed by atoms with Gasteiger partial charge >= 0.3 is 0 Å². The van der Waals surface area contributed by atoms with Gasteiger partial charge in [-0.15, -0.1) is 23.7 Å². The Hall–Kier alpha value is -0.100. The number of rotatable bonds is 3. The van der Waals surface area contributed by atoms with Gasteiger partial charge in [0, 0.05) is 6.04 Å². The molecule has 2 rings (SSSR count). The van der Waals surface area contributed by atoms with E-state index >= 15 is 0 Å². The van der Waals surface area contributed by atoms with Crippen molar-refractivity contribution in [1.82, 2.24) is 5.32 Å². The Morgan fingerprint density at radius 2 is 2.21 bits per heavy atom. The van der Waals surface area contributed by atoms with E-state index in [1.807, 2.05) is 13.0 Å². The van der Waals surface area contributed by atoms with Crippen LogP contribution >= 0.6 is 39.7 Å². The van der Waals surface area contributed by atoms with Gasteiger partial charge in [-0.25, -0.2) is 0 Å². The van der Waals surface area contributed by atoms with Crippen LogP contribution in [0.1, 0.15) is 40.9 Å². The number of carbonyl (C=O) groups is 1. The molecule has 1 amide bonds. The second-order valence-electron chi connectivity index (χ2n) is 4.93. The van der Waals surface area contributed by atoms with Crippen molar-refractivity contribution < 1.29 is 4.79 Å². The Labute approximate surface area is 132 Å². The molecular weight excluding hydrogens is 348 g/mol. The predicted octanol–water partition coefficient (Wildman–Crippen LogP) is 3.49. The molecule has 6 heteroatoms. The fourth-order valence-electron chi connectivity index (χ4n) is 2.49. The molecular formula is C13H20BrClN2OS. The van der Waals surface area contributed by atoms with Gasteiger partial charge in [0.15, 0.2) is 0 Å². The minimum Gasteiger partial charge on any atom is -0.348 e. The van der Waals surface area contributed by atoms with Crippen LogP contribution in [-0.4, -0.2) is 18.5 Å². The summed E-state index contributed by atoms with van der Waals surface area (Å²) in [6.45, 7) is 2.67. The summed E-state index contributed by atoms with van der Waals surface area (Å²) < 4.78 is 1.03. The van der Waals surface area contributed by atoms with E-state index in [0.717, 1.165) is 27.1 Å². The quantitative estimate of drug-likeness (QED) is 0.859. The lowest BCUT2D eigenvalue weighted by atomic mass is 9.84. The van der Waals surface area contributed by atoms with E-state index in [4.69, 9.17) is 5.73 Å². The lowest BCUT2D eigenvalue weighted by Crippen LogP contribution is -2.44. The van der Waals surface area contributed by atoms with E-state index in [2.05, 4.69) is 21.2 Å². The van der Waals surface area contributed by atoms with Crippen molar-refractivity contribution in [3.05, 3.63) is 20.3 Å². The number of nitrogens with one attached hydrogen (secondary N) is 1. The van der Waals surface area contributed by atoms with Gasteiger partial charge in [-0.1, -0.05) is 12.8 Å². The lowest BCUT2D eigenvalue weighted by molar-refractivity contribution is 0.0912. The molecule has 2 atom stereocenters. The van der Waals surface area contributed by atoms with Gasteiger partial charge in [-0.2, -0.15) is 0 Å². The zero-order chi connectivity index (χ0) is 13.1. The first-order chi connectivity index (χ1) is 8.61. The Balaban J connectivity index is 0.00000180. The number of hydrogen-bond donors (Lipinski definition) is 2. The molecule has 1 saturated carbocycles. The normalized spacial score (nSPS) is 22.7. The molecule has 0 bridgehead atoms. The van der Waals surface area contributed by atoms with Gasteiger partial charge in [0.25, 0.3) is 5.91 Å². The van der Waals surface area contributed by atoms with Crippen LogP contribution in [0.25, 0.3) is 0 Å². The van der Waals surface area contributed by atoms with Crippen molar-refractivity contribution in [3.63, 3.8) is 0 Å². The summed E-state index contributed by atoms with van der Waals surface area (Å²) >= 11 is 4.95. The van der Waals surface area contributed by atoms with Gasteiger partial charge in [0.1, 0.15) is 0 Å². The molecule has 19 heavy (non-hydrogen) atoms. The highest BCUT2D eigenvalue weighted by Crippen LogP contribution is 2.28. The van der Waals surface area contributed by atoms with Crippen molar-refractivity contribution >= 4 is 45.6 Å². The first-order valence-electron chi connectivity index (χ1n) is 6.38. The van der Waals surface area contributed by atoms with Crippen molar-refractivity contribution in [2.24, 2.45) is 11.7 Å². The molecule has 1 aliphatic rings. The number of amides is 1. The van der Waals surface area contributed by atoms with Gasteiger partial charge in [-0.3, -0.25) is 4.79 Å². The fourth-order valence-corrected chi connectivity index (χ4v) is 3.93. The summed E-state index contributed by atoms with van der Waals surface area (Å²) in [7, 11) is 0. The van der Waals surface area contributed by atoms with Crippen molar-refractivity contribution in [2.75, 3.05) is 6.54 Å². The third kappa shape index (κ3) is 4.18. The molecule has 0 radical (unpaired) electrons. The van der Waals surface area contributed by atoms with Crippen LogP contribution in [0, 0.1) is 12.8 Å². The molecule has 0 spiro atoms. The number of hydrogen-bond acceptors (Lipinski definition) is 3. The van der Waals surface area contributed by atoms with Crippen LogP contribution in [0.4, 0.5) is 0 Å².